The van der Waals surface area contributed by atoms with E-state index in [1.165, 1.54) is 18.3 Å². The fraction of sp³-hybridized carbons (Fsp3) is 0.500. The third-order valence-electron chi connectivity index (χ3n) is 8.03. The Morgan fingerprint density at radius 2 is 1.91 bits per heavy atom. The lowest BCUT2D eigenvalue weighted by Crippen LogP contribution is -2.42. The predicted octanol–water partition coefficient (Wildman–Crippen LogP) is 3.87. The maximum atomic E-state index is 15.6. The summed E-state index contributed by atoms with van der Waals surface area (Å²) in [5, 5.41) is 3.59. The predicted molar refractivity (Wildman–Crippen MR) is 158 cm³/mol. The Kier molecular flexibility index (Phi) is 8.34. The molecule has 1 N–H and O–H groups in total. The summed E-state index contributed by atoms with van der Waals surface area (Å²) in [5.41, 5.74) is -0.137. The van der Waals surface area contributed by atoms with Gasteiger partial charge in [0.15, 0.2) is 0 Å². The number of aryl methyl sites for hydroxylation is 1. The van der Waals surface area contributed by atoms with Crippen molar-refractivity contribution in [1.82, 2.24) is 24.2 Å². The Labute approximate surface area is 248 Å². The van der Waals surface area contributed by atoms with E-state index in [-0.39, 0.29) is 17.4 Å². The molecular formula is C28H34F3N6O4PS. The van der Waals surface area contributed by atoms with E-state index in [9.17, 15) is 17.8 Å². The van der Waals surface area contributed by atoms with Gasteiger partial charge in [0.05, 0.1) is 36.1 Å². The molecule has 43 heavy (non-hydrogen) atoms. The second kappa shape index (κ2) is 11.4. The van der Waals surface area contributed by atoms with Crippen LogP contribution in [0.25, 0.3) is 10.9 Å². The molecular weight excluding hydrogens is 604 g/mol. The molecule has 1 aliphatic heterocycles. The normalized spacial score (nSPS) is 18.2. The van der Waals surface area contributed by atoms with Crippen LogP contribution in [0.1, 0.15) is 42.8 Å². The molecule has 232 valence electrons. The molecule has 2 aliphatic rings. The molecule has 5 rings (SSSR count). The quantitative estimate of drug-likeness (QED) is 0.351. The molecule has 0 radical (unpaired) electrons. The number of nitrogens with zero attached hydrogens (tertiary/aromatic N) is 5. The summed E-state index contributed by atoms with van der Waals surface area (Å²) in [4.78, 5) is 27.6. The number of halogens is 3. The minimum Gasteiger partial charge on any atom is -0.363 e. The Balaban J connectivity index is 1.42. The van der Waals surface area contributed by atoms with Crippen LogP contribution in [0.15, 0.2) is 30.5 Å². The van der Waals surface area contributed by atoms with Crippen LogP contribution in [0.4, 0.5) is 19.0 Å². The fourth-order valence-electron chi connectivity index (χ4n) is 5.23. The number of carbonyl (C=O) groups is 1. The Hall–Kier alpha value is -3.09. The van der Waals surface area contributed by atoms with Gasteiger partial charge in [-0.15, -0.1) is 0 Å². The van der Waals surface area contributed by atoms with Crippen LogP contribution in [0, 0.1) is 18.7 Å². The van der Waals surface area contributed by atoms with Gasteiger partial charge < -0.3 is 14.8 Å². The number of likely N-dealkylation sites (N-methyl/N-ethyl adjacent to an activating group) is 1. The summed E-state index contributed by atoms with van der Waals surface area (Å²) >= 11 is 0. The Morgan fingerprint density at radius 1 is 1.23 bits per heavy atom. The lowest BCUT2D eigenvalue weighted by atomic mass is 10.00. The fourth-order valence-corrected chi connectivity index (χ4v) is 8.07. The first-order valence-corrected chi connectivity index (χ1v) is 17.9. The number of carbonyl (C=O) groups excluding carboxylic acids is 1. The third-order valence-corrected chi connectivity index (χ3v) is 12.2. The lowest BCUT2D eigenvalue weighted by molar-refractivity contribution is -0.132. The Bertz CT molecular complexity index is 1720. The highest BCUT2D eigenvalue weighted by Gasteiger charge is 2.40. The number of fused-ring (bicyclic) bond motifs is 1. The van der Waals surface area contributed by atoms with Crippen molar-refractivity contribution in [1.29, 1.82) is 0 Å². The number of amides is 1. The molecule has 3 aromatic rings. The molecule has 2 fully saturated rings. The zero-order valence-electron chi connectivity index (χ0n) is 24.3. The molecule has 0 unspecified atom stereocenters. The second-order valence-electron chi connectivity index (χ2n) is 11.4. The number of rotatable bonds is 9. The van der Waals surface area contributed by atoms with Crippen molar-refractivity contribution in [3.8, 4) is 0 Å². The number of hydrogen-bond donors (Lipinski definition) is 1. The zero-order valence-corrected chi connectivity index (χ0v) is 26.1. The molecule has 1 aliphatic carbocycles. The Morgan fingerprint density at radius 3 is 2.53 bits per heavy atom. The largest absolute Gasteiger partial charge is 0.363 e. The standard InChI is InChI=1S/C28H34F3N6O4PS/c1-17(20-6-5-7-22(25(20)29)28(30,31)16-36(3)43(4,40)41)33-26-21-14-24(32-15-23(21)34-18(2)35-26)42(39)12-10-37(11-13-42)27(38)19-8-9-19/h5-7,14-15,17,19H,8-13,16H2,1-4H3,(H,33,34,35)/t17-/m1/s1. The average Bonchev–Trinajstić information content (AvgIpc) is 3.78. The third kappa shape index (κ3) is 6.56. The van der Waals surface area contributed by atoms with Crippen LogP contribution >= 0.6 is 7.14 Å². The molecule has 1 atom stereocenters. The van der Waals surface area contributed by atoms with Crippen LogP contribution in [0.2, 0.25) is 0 Å². The van der Waals surface area contributed by atoms with E-state index in [1.807, 2.05) is 0 Å². The summed E-state index contributed by atoms with van der Waals surface area (Å²) in [7, 11) is -5.82. The van der Waals surface area contributed by atoms with Gasteiger partial charge in [0.1, 0.15) is 30.0 Å². The average molecular weight is 639 g/mol. The van der Waals surface area contributed by atoms with Crippen LogP contribution in [0.3, 0.4) is 0 Å². The number of hydrogen-bond acceptors (Lipinski definition) is 8. The van der Waals surface area contributed by atoms with E-state index in [0.717, 1.165) is 32.2 Å². The number of alkyl halides is 2. The highest BCUT2D eigenvalue weighted by molar-refractivity contribution is 7.88. The topological polar surface area (TPSA) is 125 Å². The van der Waals surface area contributed by atoms with Gasteiger partial charge in [0, 0.05) is 49.3 Å². The number of aromatic nitrogens is 3. The number of anilines is 1. The van der Waals surface area contributed by atoms with Gasteiger partial charge in [-0.25, -0.2) is 22.8 Å². The second-order valence-corrected chi connectivity index (χ2v) is 16.6. The minimum atomic E-state index is -3.91. The smallest absolute Gasteiger partial charge is 0.289 e. The minimum absolute atomic E-state index is 0.0709. The number of pyridine rings is 1. The first kappa shape index (κ1) is 31.3. The summed E-state index contributed by atoms with van der Waals surface area (Å²) in [6.07, 6.45) is 4.75. The molecule has 15 heteroatoms. The van der Waals surface area contributed by atoms with Gasteiger partial charge >= 0.3 is 0 Å². The highest BCUT2D eigenvalue weighted by atomic mass is 32.2. The molecule has 10 nitrogen and oxygen atoms in total. The van der Waals surface area contributed by atoms with Crippen LogP contribution in [-0.2, 0) is 25.3 Å². The molecule has 2 aromatic heterocycles. The number of benzene rings is 1. The van der Waals surface area contributed by atoms with E-state index in [0.29, 0.717) is 57.7 Å². The van der Waals surface area contributed by atoms with Crippen LogP contribution in [-0.4, -0.2) is 83.7 Å². The van der Waals surface area contributed by atoms with Gasteiger partial charge in [-0.05, 0) is 32.8 Å². The van der Waals surface area contributed by atoms with E-state index < -0.39 is 47.1 Å². The maximum absolute atomic E-state index is 15.6. The molecule has 1 aromatic carbocycles. The van der Waals surface area contributed by atoms with Crippen molar-refractivity contribution in [2.75, 3.05) is 50.6 Å². The van der Waals surface area contributed by atoms with Crippen molar-refractivity contribution >= 4 is 45.2 Å². The first-order chi connectivity index (χ1) is 20.1. The monoisotopic (exact) mass is 638 g/mol. The molecule has 0 bridgehead atoms. The summed E-state index contributed by atoms with van der Waals surface area (Å²) < 4.78 is 83.5. The van der Waals surface area contributed by atoms with Crippen LogP contribution in [0.5, 0.6) is 0 Å². The van der Waals surface area contributed by atoms with Gasteiger partial charge in [0.25, 0.3) is 5.92 Å². The van der Waals surface area contributed by atoms with E-state index in [2.05, 4.69) is 20.3 Å². The number of sulfonamides is 1. The van der Waals surface area contributed by atoms with Gasteiger partial charge in [-0.3, -0.25) is 9.78 Å². The summed E-state index contributed by atoms with van der Waals surface area (Å²) in [5.74, 6) is -4.05. The van der Waals surface area contributed by atoms with Crippen molar-refractivity contribution in [3.63, 3.8) is 0 Å². The van der Waals surface area contributed by atoms with Crippen LogP contribution < -0.4 is 10.8 Å². The van der Waals surface area contributed by atoms with Crippen molar-refractivity contribution in [3.05, 3.63) is 53.2 Å². The van der Waals surface area contributed by atoms with Crippen molar-refractivity contribution < 1.29 is 30.9 Å². The van der Waals surface area contributed by atoms with E-state index in [1.54, 1.807) is 24.8 Å². The zero-order chi connectivity index (χ0) is 31.3. The molecule has 0 spiro atoms. The molecule has 1 saturated heterocycles. The van der Waals surface area contributed by atoms with Crippen molar-refractivity contribution in [2.24, 2.45) is 5.92 Å². The van der Waals surface area contributed by atoms with Gasteiger partial charge in [-0.2, -0.15) is 13.1 Å². The van der Waals surface area contributed by atoms with Crippen molar-refractivity contribution in [2.45, 2.75) is 38.7 Å². The number of nitrogens with one attached hydrogen (secondary N) is 1. The SMILES string of the molecule is Cc1nc(N[C@H](C)c2cccc(C(F)(F)CN(C)S(C)(=O)=O)c2F)c2cc(P3(=O)CCN(C(=O)C4CC4)CC3)ncc2n1. The maximum Gasteiger partial charge on any atom is 0.289 e. The molecule has 1 saturated carbocycles. The summed E-state index contributed by atoms with van der Waals surface area (Å²) in [6.45, 7) is 2.84. The van der Waals surface area contributed by atoms with Gasteiger partial charge in [0.2, 0.25) is 15.9 Å². The molecule has 1 amide bonds. The van der Waals surface area contributed by atoms with Gasteiger partial charge in [-0.1, -0.05) is 18.2 Å². The first-order valence-electron chi connectivity index (χ1n) is 14.0. The molecule has 3 heterocycles. The highest BCUT2D eigenvalue weighted by Crippen LogP contribution is 2.47. The van der Waals surface area contributed by atoms with E-state index in [4.69, 9.17) is 0 Å². The summed E-state index contributed by atoms with van der Waals surface area (Å²) in [6, 6.07) is 4.41. The lowest BCUT2D eigenvalue weighted by Gasteiger charge is -2.32. The van der Waals surface area contributed by atoms with E-state index >= 15 is 13.2 Å².